The van der Waals surface area contributed by atoms with Crippen LogP contribution in [-0.4, -0.2) is 23.5 Å². The molecule has 1 rings (SSSR count). The fraction of sp³-hybridized carbons (Fsp3) is 0.231. The van der Waals surface area contributed by atoms with Crippen LogP contribution < -0.4 is 5.32 Å². The quantitative estimate of drug-likeness (QED) is 0.806. The highest BCUT2D eigenvalue weighted by atomic mass is 35.5. The smallest absolute Gasteiger partial charge is 0.337 e. The third-order valence-electron chi connectivity index (χ3n) is 2.22. The zero-order valence-corrected chi connectivity index (χ0v) is 10.7. The number of carbonyl (C=O) groups excluding carboxylic acids is 1. The number of amides is 1. The van der Waals surface area contributed by atoms with E-state index in [0.29, 0.717) is 13.0 Å². The Labute approximate surface area is 110 Å². The summed E-state index contributed by atoms with van der Waals surface area (Å²) in [6.07, 6.45) is 4.35. The minimum atomic E-state index is -1.05. The molecule has 0 atom stereocenters. The van der Waals surface area contributed by atoms with Crippen LogP contribution in [0.3, 0.4) is 0 Å². The predicted molar refractivity (Wildman–Crippen MR) is 70.7 cm³/mol. The van der Waals surface area contributed by atoms with Crippen LogP contribution in [0.4, 0.5) is 0 Å². The number of hydrogen-bond donors (Lipinski definition) is 2. The lowest BCUT2D eigenvalue weighted by molar-refractivity contribution is -0.118. The van der Waals surface area contributed by atoms with E-state index < -0.39 is 5.97 Å². The average Bonchev–Trinajstić information content (AvgIpc) is 2.30. The molecule has 0 unspecified atom stereocenters. The fourth-order valence-corrected chi connectivity index (χ4v) is 1.56. The molecule has 0 fully saturated rings. The lowest BCUT2D eigenvalue weighted by Crippen LogP contribution is -2.20. The van der Waals surface area contributed by atoms with E-state index in [-0.39, 0.29) is 16.5 Å². The van der Waals surface area contributed by atoms with Crippen molar-refractivity contribution in [1.82, 2.24) is 5.32 Å². The van der Waals surface area contributed by atoms with Gasteiger partial charge in [-0.2, -0.15) is 0 Å². The first-order chi connectivity index (χ1) is 8.50. The van der Waals surface area contributed by atoms with Crippen molar-refractivity contribution in [2.75, 3.05) is 6.54 Å². The molecule has 18 heavy (non-hydrogen) atoms. The lowest BCUT2D eigenvalue weighted by atomic mass is 10.1. The van der Waals surface area contributed by atoms with Crippen molar-refractivity contribution in [2.45, 2.75) is 13.3 Å². The van der Waals surface area contributed by atoms with Crippen LogP contribution in [-0.2, 0) is 4.79 Å². The predicted octanol–water partition coefficient (Wildman–Crippen LogP) is 2.58. The fourth-order valence-electron chi connectivity index (χ4n) is 1.36. The van der Waals surface area contributed by atoms with Crippen LogP contribution in [0.15, 0.2) is 24.3 Å². The normalized spacial score (nSPS) is 10.6. The third-order valence-corrected chi connectivity index (χ3v) is 2.55. The Bertz CT molecular complexity index is 483. The van der Waals surface area contributed by atoms with Gasteiger partial charge in [-0.25, -0.2) is 4.79 Å². The number of aromatic carboxylic acids is 1. The maximum Gasteiger partial charge on any atom is 0.337 e. The number of carbonyl (C=O) groups is 2. The first kappa shape index (κ1) is 14.3. The van der Waals surface area contributed by atoms with E-state index in [1.54, 1.807) is 18.2 Å². The molecule has 4 nitrogen and oxygen atoms in total. The first-order valence-corrected chi connectivity index (χ1v) is 5.82. The van der Waals surface area contributed by atoms with Crippen molar-refractivity contribution in [2.24, 2.45) is 0 Å². The summed E-state index contributed by atoms with van der Waals surface area (Å²) in [5.74, 6) is -1.11. The van der Waals surface area contributed by atoms with Crippen LogP contribution in [0.1, 0.15) is 29.3 Å². The van der Waals surface area contributed by atoms with Gasteiger partial charge in [0.25, 0.3) is 0 Å². The number of carboxylic acid groups (broad SMARTS) is 1. The monoisotopic (exact) mass is 267 g/mol. The highest BCUT2D eigenvalue weighted by Crippen LogP contribution is 2.18. The molecular weight excluding hydrogens is 254 g/mol. The van der Waals surface area contributed by atoms with E-state index in [1.165, 1.54) is 13.0 Å². The van der Waals surface area contributed by atoms with Crippen LogP contribution in [0.25, 0.3) is 6.08 Å². The van der Waals surface area contributed by atoms with Crippen molar-refractivity contribution < 1.29 is 14.7 Å². The summed E-state index contributed by atoms with van der Waals surface area (Å²) >= 11 is 5.76. The standard InChI is InChI=1S/C13H14ClNO3/c1-9(16)15-7-3-2-4-10-5-6-12(14)11(8-10)13(17)18/h2,4-6,8H,3,7H2,1H3,(H,15,16)(H,17,18). The van der Waals surface area contributed by atoms with Crippen molar-refractivity contribution in [3.05, 3.63) is 40.4 Å². The van der Waals surface area contributed by atoms with Gasteiger partial charge in [0, 0.05) is 13.5 Å². The highest BCUT2D eigenvalue weighted by Gasteiger charge is 2.07. The highest BCUT2D eigenvalue weighted by molar-refractivity contribution is 6.33. The minimum absolute atomic E-state index is 0.0666. The molecule has 0 radical (unpaired) electrons. The summed E-state index contributed by atoms with van der Waals surface area (Å²) in [4.78, 5) is 21.5. The maximum atomic E-state index is 10.9. The van der Waals surface area contributed by atoms with Crippen molar-refractivity contribution >= 4 is 29.6 Å². The molecule has 0 aliphatic heterocycles. The van der Waals surface area contributed by atoms with Gasteiger partial charge in [0.15, 0.2) is 0 Å². The second-order valence-corrected chi connectivity index (χ2v) is 4.13. The first-order valence-electron chi connectivity index (χ1n) is 5.44. The van der Waals surface area contributed by atoms with E-state index in [1.807, 2.05) is 6.08 Å². The summed E-state index contributed by atoms with van der Waals surface area (Å²) in [6.45, 7) is 2.02. The van der Waals surface area contributed by atoms with E-state index in [9.17, 15) is 9.59 Å². The molecule has 0 saturated heterocycles. The van der Waals surface area contributed by atoms with Crippen LogP contribution in [0.2, 0.25) is 5.02 Å². The summed E-state index contributed by atoms with van der Waals surface area (Å²) in [5, 5.41) is 11.8. The Morgan fingerprint density at radius 3 is 2.78 bits per heavy atom. The molecular formula is C13H14ClNO3. The zero-order chi connectivity index (χ0) is 13.5. The molecule has 1 aromatic carbocycles. The Hall–Kier alpha value is -1.81. The van der Waals surface area contributed by atoms with E-state index >= 15 is 0 Å². The van der Waals surface area contributed by atoms with Crippen molar-refractivity contribution in [3.8, 4) is 0 Å². The van der Waals surface area contributed by atoms with Gasteiger partial charge in [-0.15, -0.1) is 0 Å². The summed E-state index contributed by atoms with van der Waals surface area (Å²) in [7, 11) is 0. The molecule has 0 aliphatic rings. The Kier molecular flexibility index (Phi) is 5.39. The van der Waals surface area contributed by atoms with Gasteiger partial charge in [-0.3, -0.25) is 4.79 Å². The Morgan fingerprint density at radius 1 is 1.44 bits per heavy atom. The van der Waals surface area contributed by atoms with E-state index in [2.05, 4.69) is 5.32 Å². The van der Waals surface area contributed by atoms with Gasteiger partial charge in [-0.1, -0.05) is 29.8 Å². The number of benzene rings is 1. The third kappa shape index (κ3) is 4.59. The topological polar surface area (TPSA) is 66.4 Å². The Balaban J connectivity index is 2.62. The number of carboxylic acids is 1. The second kappa shape index (κ2) is 6.81. The molecule has 0 aromatic heterocycles. The number of rotatable bonds is 5. The van der Waals surface area contributed by atoms with E-state index in [4.69, 9.17) is 16.7 Å². The van der Waals surface area contributed by atoms with Crippen LogP contribution >= 0.6 is 11.6 Å². The van der Waals surface area contributed by atoms with Crippen molar-refractivity contribution in [3.63, 3.8) is 0 Å². The molecule has 1 amide bonds. The summed E-state index contributed by atoms with van der Waals surface area (Å²) < 4.78 is 0. The Morgan fingerprint density at radius 2 is 2.17 bits per heavy atom. The molecule has 1 aromatic rings. The molecule has 0 bridgehead atoms. The number of nitrogens with one attached hydrogen (secondary N) is 1. The second-order valence-electron chi connectivity index (χ2n) is 3.72. The molecule has 0 spiro atoms. The van der Waals surface area contributed by atoms with Gasteiger partial charge < -0.3 is 10.4 Å². The SMILES string of the molecule is CC(=O)NCCC=Cc1ccc(Cl)c(C(=O)O)c1. The number of halogens is 1. The largest absolute Gasteiger partial charge is 0.478 e. The van der Waals surface area contributed by atoms with Crippen LogP contribution in [0.5, 0.6) is 0 Å². The number of hydrogen-bond acceptors (Lipinski definition) is 2. The van der Waals surface area contributed by atoms with Crippen LogP contribution in [0, 0.1) is 0 Å². The molecule has 5 heteroatoms. The summed E-state index contributed by atoms with van der Waals surface area (Å²) in [6, 6.07) is 4.81. The molecule has 0 aliphatic carbocycles. The van der Waals surface area contributed by atoms with E-state index in [0.717, 1.165) is 5.56 Å². The van der Waals surface area contributed by atoms with Gasteiger partial charge in [0.2, 0.25) is 5.91 Å². The van der Waals surface area contributed by atoms with Gasteiger partial charge in [-0.05, 0) is 24.1 Å². The molecule has 0 saturated carbocycles. The van der Waals surface area contributed by atoms with Gasteiger partial charge >= 0.3 is 5.97 Å². The summed E-state index contributed by atoms with van der Waals surface area (Å²) in [5.41, 5.74) is 0.848. The van der Waals surface area contributed by atoms with Crippen molar-refractivity contribution in [1.29, 1.82) is 0 Å². The van der Waals surface area contributed by atoms with Gasteiger partial charge in [0.05, 0.1) is 10.6 Å². The average molecular weight is 268 g/mol. The molecule has 0 heterocycles. The molecule has 96 valence electrons. The minimum Gasteiger partial charge on any atom is -0.478 e. The lowest BCUT2D eigenvalue weighted by Gasteiger charge is -2.01. The maximum absolute atomic E-state index is 10.9. The van der Waals surface area contributed by atoms with Gasteiger partial charge in [0.1, 0.15) is 0 Å². The zero-order valence-electron chi connectivity index (χ0n) is 9.94. The molecule has 2 N–H and O–H groups in total.